The first-order chi connectivity index (χ1) is 35.2. The summed E-state index contributed by atoms with van der Waals surface area (Å²) in [7, 11) is -4.76. The Morgan fingerprint density at radius 1 is 0.403 bits per heavy atom. The van der Waals surface area contributed by atoms with Crippen molar-refractivity contribution in [2.75, 3.05) is 26.4 Å². The third kappa shape index (κ3) is 51.8. The van der Waals surface area contributed by atoms with Gasteiger partial charge in [-0.1, -0.05) is 248 Å². The summed E-state index contributed by atoms with van der Waals surface area (Å²) in [5.74, 6) is -1.56. The molecule has 0 fully saturated rings. The average Bonchev–Trinajstić information content (AvgIpc) is 3.37. The lowest BCUT2D eigenvalue weighted by Gasteiger charge is -2.21. The SMILES string of the molecule is CC/C=C\C/C=C\C/C=C\C/C=C\C/C=C\C/C=C\CCC(=O)OC(COC(=O)CCCCCCCCCCCCC)COP(=O)(O)OCC(CO)OC(=O)CCCCCCCCCCCCCCCCC. The van der Waals surface area contributed by atoms with E-state index in [4.69, 9.17) is 23.3 Å². The number of unbranched alkanes of at least 4 members (excludes halogenated alkanes) is 24. The summed E-state index contributed by atoms with van der Waals surface area (Å²) in [5.41, 5.74) is 0. The molecule has 0 bridgehead atoms. The number of hydrogen-bond donors (Lipinski definition) is 2. The van der Waals surface area contributed by atoms with Crippen molar-refractivity contribution in [2.45, 2.75) is 264 Å². The van der Waals surface area contributed by atoms with Gasteiger partial charge in [-0.2, -0.15) is 0 Å². The van der Waals surface area contributed by atoms with Crippen LogP contribution in [-0.4, -0.2) is 66.5 Å². The molecule has 0 aromatic rings. The number of carbonyl (C=O) groups excluding carboxylic acids is 3. The van der Waals surface area contributed by atoms with Crippen molar-refractivity contribution in [3.8, 4) is 0 Å². The van der Waals surface area contributed by atoms with Gasteiger partial charge in [-0.15, -0.1) is 0 Å². The Morgan fingerprint density at radius 2 is 0.722 bits per heavy atom. The normalized spacial score (nSPS) is 13.9. The summed E-state index contributed by atoms with van der Waals surface area (Å²) >= 11 is 0. The highest BCUT2D eigenvalue weighted by Crippen LogP contribution is 2.43. The number of ether oxygens (including phenoxy) is 3. The molecule has 11 nitrogen and oxygen atoms in total. The first-order valence-electron chi connectivity index (χ1n) is 28.8. The van der Waals surface area contributed by atoms with Crippen LogP contribution in [0.2, 0.25) is 0 Å². The lowest BCUT2D eigenvalue weighted by Crippen LogP contribution is -2.30. The first kappa shape index (κ1) is 68.9. The zero-order valence-corrected chi connectivity index (χ0v) is 46.8. The Kier molecular flexibility index (Phi) is 51.9. The second-order valence-corrected chi connectivity index (χ2v) is 20.5. The molecule has 0 spiro atoms. The number of phosphoric acid groups is 1. The van der Waals surface area contributed by atoms with Crippen LogP contribution >= 0.6 is 7.82 Å². The van der Waals surface area contributed by atoms with Crippen LogP contribution in [0.15, 0.2) is 72.9 Å². The van der Waals surface area contributed by atoms with Crippen LogP contribution in [0.3, 0.4) is 0 Å². The van der Waals surface area contributed by atoms with Crippen LogP contribution in [0.5, 0.6) is 0 Å². The maximum Gasteiger partial charge on any atom is 0.472 e. The number of aliphatic hydroxyl groups is 1. The third-order valence-corrected chi connectivity index (χ3v) is 13.1. The predicted molar refractivity (Wildman–Crippen MR) is 298 cm³/mol. The lowest BCUT2D eigenvalue weighted by molar-refractivity contribution is -0.161. The summed E-state index contributed by atoms with van der Waals surface area (Å²) in [6.45, 7) is 4.46. The number of hydrogen-bond acceptors (Lipinski definition) is 10. The first-order valence-corrected chi connectivity index (χ1v) is 30.3. The molecule has 0 aliphatic rings. The third-order valence-electron chi connectivity index (χ3n) is 12.2. The molecular formula is C60H105O11P. The highest BCUT2D eigenvalue weighted by molar-refractivity contribution is 7.47. The Hall–Kier alpha value is -3.08. The Morgan fingerprint density at radius 3 is 1.11 bits per heavy atom. The molecule has 3 unspecified atom stereocenters. The van der Waals surface area contributed by atoms with Gasteiger partial charge in [0.25, 0.3) is 0 Å². The fourth-order valence-corrected chi connectivity index (χ4v) is 8.58. The van der Waals surface area contributed by atoms with Crippen molar-refractivity contribution in [3.63, 3.8) is 0 Å². The van der Waals surface area contributed by atoms with E-state index in [1.807, 2.05) is 12.2 Å². The van der Waals surface area contributed by atoms with E-state index in [1.165, 1.54) is 116 Å². The number of carbonyl (C=O) groups is 3. The molecule has 0 saturated carbocycles. The monoisotopic (exact) mass is 1030 g/mol. The number of rotatable bonds is 53. The van der Waals surface area contributed by atoms with Crippen molar-refractivity contribution >= 4 is 25.7 Å². The minimum absolute atomic E-state index is 0.0432. The quantitative estimate of drug-likeness (QED) is 0.0197. The average molecular weight is 1030 g/mol. The highest BCUT2D eigenvalue weighted by Gasteiger charge is 2.28. The second-order valence-electron chi connectivity index (χ2n) is 19.1. The predicted octanol–water partition coefficient (Wildman–Crippen LogP) is 16.9. The molecule has 0 radical (unpaired) electrons. The molecule has 0 aromatic carbocycles. The molecular weight excluding hydrogens is 928 g/mol. The van der Waals surface area contributed by atoms with E-state index in [-0.39, 0.29) is 25.9 Å². The molecule has 0 aromatic heterocycles. The molecule has 0 saturated heterocycles. The molecule has 12 heteroatoms. The van der Waals surface area contributed by atoms with Crippen LogP contribution < -0.4 is 0 Å². The van der Waals surface area contributed by atoms with Crippen LogP contribution in [0, 0.1) is 0 Å². The zero-order valence-electron chi connectivity index (χ0n) is 45.9. The minimum atomic E-state index is -4.76. The van der Waals surface area contributed by atoms with Crippen LogP contribution in [-0.2, 0) is 42.2 Å². The Balaban J connectivity index is 4.78. The van der Waals surface area contributed by atoms with E-state index < -0.39 is 57.8 Å². The van der Waals surface area contributed by atoms with Crippen LogP contribution in [0.1, 0.15) is 252 Å². The van der Waals surface area contributed by atoms with Crippen molar-refractivity contribution in [3.05, 3.63) is 72.9 Å². The molecule has 0 amide bonds. The van der Waals surface area contributed by atoms with Crippen molar-refractivity contribution in [1.29, 1.82) is 0 Å². The molecule has 2 N–H and O–H groups in total. The molecule has 0 heterocycles. The molecule has 72 heavy (non-hydrogen) atoms. The van der Waals surface area contributed by atoms with E-state index in [1.54, 1.807) is 0 Å². The molecule has 416 valence electrons. The van der Waals surface area contributed by atoms with Gasteiger partial charge in [0.15, 0.2) is 6.10 Å². The van der Waals surface area contributed by atoms with E-state index in [2.05, 4.69) is 81.5 Å². The van der Waals surface area contributed by atoms with E-state index in [0.717, 1.165) is 77.0 Å². The van der Waals surface area contributed by atoms with Crippen molar-refractivity contribution in [2.24, 2.45) is 0 Å². The van der Waals surface area contributed by atoms with Crippen molar-refractivity contribution < 1.29 is 52.2 Å². The van der Waals surface area contributed by atoms with Crippen LogP contribution in [0.4, 0.5) is 0 Å². The maximum atomic E-state index is 12.9. The van der Waals surface area contributed by atoms with Gasteiger partial charge < -0.3 is 24.2 Å². The van der Waals surface area contributed by atoms with Gasteiger partial charge in [0.1, 0.15) is 12.7 Å². The summed E-state index contributed by atoms with van der Waals surface area (Å²) < 4.78 is 39.4. The summed E-state index contributed by atoms with van der Waals surface area (Å²) in [6, 6.07) is 0. The lowest BCUT2D eigenvalue weighted by atomic mass is 10.0. The Labute approximate surface area is 439 Å². The standard InChI is InChI=1S/C60H105O11P/c1-4-7-10-13-16-19-22-24-26-27-28-29-31-33-36-39-42-45-48-51-60(64)71-57(53-67-58(62)49-46-43-40-37-34-21-18-15-12-9-6-3)55-69-72(65,66)68-54-56(52-61)70-59(63)50-47-44-41-38-35-32-30-25-23-20-17-14-11-8-5-2/h7,10,16,19,24,26,28-29,33,36,42,45,56-57,61H,4-6,8-9,11-15,17-18,20-23,25,27,30-32,34-35,37-41,43-44,46-55H2,1-3H3,(H,65,66)/b10-7-,19-16-,26-24-,29-28-,36-33-,45-42-. The van der Waals surface area contributed by atoms with Gasteiger partial charge in [0.05, 0.1) is 19.8 Å². The van der Waals surface area contributed by atoms with E-state index >= 15 is 0 Å². The van der Waals surface area contributed by atoms with Gasteiger partial charge in [-0.05, 0) is 57.8 Å². The van der Waals surface area contributed by atoms with Crippen molar-refractivity contribution in [1.82, 2.24) is 0 Å². The van der Waals surface area contributed by atoms with Gasteiger partial charge in [0.2, 0.25) is 0 Å². The second kappa shape index (κ2) is 54.2. The van der Waals surface area contributed by atoms with Gasteiger partial charge in [-0.25, -0.2) is 4.57 Å². The van der Waals surface area contributed by atoms with E-state index in [9.17, 15) is 28.9 Å². The Bertz CT molecular complexity index is 1490. The molecule has 0 aliphatic heterocycles. The highest BCUT2D eigenvalue weighted by atomic mass is 31.2. The summed E-state index contributed by atoms with van der Waals surface area (Å²) in [5, 5.41) is 9.81. The summed E-state index contributed by atoms with van der Waals surface area (Å²) in [4.78, 5) is 48.4. The molecule has 0 rings (SSSR count). The maximum absolute atomic E-state index is 12.9. The van der Waals surface area contributed by atoms with Crippen LogP contribution in [0.25, 0.3) is 0 Å². The molecule has 3 atom stereocenters. The largest absolute Gasteiger partial charge is 0.472 e. The van der Waals surface area contributed by atoms with Gasteiger partial charge in [-0.3, -0.25) is 23.4 Å². The number of aliphatic hydroxyl groups excluding tert-OH is 1. The minimum Gasteiger partial charge on any atom is -0.462 e. The van der Waals surface area contributed by atoms with Gasteiger partial charge in [0, 0.05) is 19.3 Å². The van der Waals surface area contributed by atoms with E-state index in [0.29, 0.717) is 19.3 Å². The molecule has 0 aliphatic carbocycles. The topological polar surface area (TPSA) is 155 Å². The zero-order chi connectivity index (χ0) is 52.7. The number of phosphoric ester groups is 1. The number of esters is 3. The number of allylic oxidation sites excluding steroid dienone is 12. The smallest absolute Gasteiger partial charge is 0.462 e. The fraction of sp³-hybridized carbons (Fsp3) is 0.750. The summed E-state index contributed by atoms with van der Waals surface area (Å²) in [6.07, 6.45) is 60.2. The fourth-order valence-electron chi connectivity index (χ4n) is 7.79. The van der Waals surface area contributed by atoms with Gasteiger partial charge >= 0.3 is 25.7 Å².